The molecule has 0 spiro atoms. The van der Waals surface area contributed by atoms with Crippen LogP contribution in [0.1, 0.15) is 15.6 Å². The van der Waals surface area contributed by atoms with Gasteiger partial charge < -0.3 is 15.8 Å². The number of aromatic nitrogens is 1. The zero-order valence-electron chi connectivity index (χ0n) is 12.2. The van der Waals surface area contributed by atoms with E-state index in [-0.39, 0.29) is 24.0 Å². The van der Waals surface area contributed by atoms with E-state index in [4.69, 9.17) is 10.5 Å². The first-order valence-corrected chi connectivity index (χ1v) is 7.04. The van der Waals surface area contributed by atoms with Gasteiger partial charge >= 0.3 is 0 Å². The maximum atomic E-state index is 5.89. The highest BCUT2D eigenvalue weighted by Crippen LogP contribution is 2.22. The van der Waals surface area contributed by atoms with Gasteiger partial charge in [-0.25, -0.2) is 9.98 Å². The van der Waals surface area contributed by atoms with Crippen molar-refractivity contribution in [1.82, 2.24) is 4.98 Å². The summed E-state index contributed by atoms with van der Waals surface area (Å²) in [6.07, 6.45) is 0. The van der Waals surface area contributed by atoms with E-state index >= 15 is 0 Å². The molecule has 0 bridgehead atoms. The van der Waals surface area contributed by atoms with Gasteiger partial charge in [-0.1, -0.05) is 12.1 Å². The normalized spacial score (nSPS) is 10.9. The molecular weight excluding hydrogens is 399 g/mol. The average molecular weight is 418 g/mol. The molecule has 7 heteroatoms. The van der Waals surface area contributed by atoms with Crippen molar-refractivity contribution < 1.29 is 4.74 Å². The molecule has 0 aliphatic carbocycles. The Kier molecular flexibility index (Phi) is 6.90. The summed E-state index contributed by atoms with van der Waals surface area (Å²) in [6, 6.07) is 7.56. The lowest BCUT2D eigenvalue weighted by Crippen LogP contribution is -2.23. The van der Waals surface area contributed by atoms with Crippen LogP contribution in [0.3, 0.4) is 0 Å². The topological polar surface area (TPSA) is 72.5 Å². The Balaban J connectivity index is 0.00000220. The van der Waals surface area contributed by atoms with Gasteiger partial charge in [0, 0.05) is 4.88 Å². The number of nitrogens with two attached hydrogens (primary N) is 1. The van der Waals surface area contributed by atoms with E-state index in [0.717, 1.165) is 22.1 Å². The SMILES string of the molecule is COc1ccccc1NC(N)=NCc1nc(C)sc1C.I. The molecule has 0 saturated heterocycles. The molecule has 0 amide bonds. The molecule has 1 aromatic carbocycles. The summed E-state index contributed by atoms with van der Waals surface area (Å²) in [4.78, 5) is 9.91. The summed E-state index contributed by atoms with van der Waals surface area (Å²) in [5.74, 6) is 1.07. The van der Waals surface area contributed by atoms with Crippen LogP contribution in [0.25, 0.3) is 0 Å². The van der Waals surface area contributed by atoms with Crippen LogP contribution in [0.2, 0.25) is 0 Å². The summed E-state index contributed by atoms with van der Waals surface area (Å²) >= 11 is 1.67. The van der Waals surface area contributed by atoms with Gasteiger partial charge in [0.1, 0.15) is 5.75 Å². The van der Waals surface area contributed by atoms with E-state index in [1.165, 1.54) is 4.88 Å². The van der Waals surface area contributed by atoms with Gasteiger partial charge in [-0.3, -0.25) is 0 Å². The molecule has 0 aliphatic rings. The number of anilines is 1. The maximum Gasteiger partial charge on any atom is 0.193 e. The quantitative estimate of drug-likeness (QED) is 0.454. The molecule has 5 nitrogen and oxygen atoms in total. The van der Waals surface area contributed by atoms with Gasteiger partial charge in [0.25, 0.3) is 0 Å². The van der Waals surface area contributed by atoms with E-state index in [2.05, 4.69) is 15.3 Å². The Morgan fingerprint density at radius 3 is 2.71 bits per heavy atom. The second kappa shape index (κ2) is 8.18. The summed E-state index contributed by atoms with van der Waals surface area (Å²) in [7, 11) is 1.62. The summed E-state index contributed by atoms with van der Waals surface area (Å²) in [6.45, 7) is 4.50. The van der Waals surface area contributed by atoms with Gasteiger partial charge in [-0.05, 0) is 26.0 Å². The predicted molar refractivity (Wildman–Crippen MR) is 98.9 cm³/mol. The zero-order valence-corrected chi connectivity index (χ0v) is 15.4. The molecule has 0 aliphatic heterocycles. The van der Waals surface area contributed by atoms with Gasteiger partial charge in [0.15, 0.2) is 5.96 Å². The molecule has 1 heterocycles. The average Bonchev–Trinajstić information content (AvgIpc) is 2.75. The smallest absolute Gasteiger partial charge is 0.193 e. The van der Waals surface area contributed by atoms with E-state index < -0.39 is 0 Å². The second-order valence-corrected chi connectivity index (χ2v) is 5.67. The first-order valence-electron chi connectivity index (χ1n) is 6.23. The number of methoxy groups -OCH3 is 1. The van der Waals surface area contributed by atoms with Crippen LogP contribution in [0.5, 0.6) is 5.75 Å². The van der Waals surface area contributed by atoms with Crippen molar-refractivity contribution in [3.05, 3.63) is 39.8 Å². The first kappa shape index (κ1) is 17.7. The summed E-state index contributed by atoms with van der Waals surface area (Å²) < 4.78 is 5.25. The first-order chi connectivity index (χ1) is 9.60. The third-order valence-electron chi connectivity index (χ3n) is 2.77. The van der Waals surface area contributed by atoms with Gasteiger partial charge in [-0.2, -0.15) is 0 Å². The lowest BCUT2D eigenvalue weighted by atomic mass is 10.3. The van der Waals surface area contributed by atoms with E-state index in [1.807, 2.05) is 38.1 Å². The van der Waals surface area contributed by atoms with Crippen molar-refractivity contribution in [2.45, 2.75) is 20.4 Å². The fraction of sp³-hybridized carbons (Fsp3) is 0.286. The van der Waals surface area contributed by atoms with Crippen LogP contribution in [0.4, 0.5) is 5.69 Å². The minimum atomic E-state index is 0. The number of nitrogens with zero attached hydrogens (tertiary/aromatic N) is 2. The number of nitrogens with one attached hydrogen (secondary N) is 1. The highest BCUT2D eigenvalue weighted by Gasteiger charge is 2.05. The fourth-order valence-corrected chi connectivity index (χ4v) is 2.63. The van der Waals surface area contributed by atoms with Crippen molar-refractivity contribution in [3.8, 4) is 5.75 Å². The molecule has 2 rings (SSSR count). The zero-order chi connectivity index (χ0) is 14.5. The van der Waals surface area contributed by atoms with Crippen molar-refractivity contribution in [2.24, 2.45) is 10.7 Å². The highest BCUT2D eigenvalue weighted by atomic mass is 127. The number of para-hydroxylation sites is 2. The molecule has 1 aromatic heterocycles. The molecule has 0 atom stereocenters. The number of aryl methyl sites for hydroxylation is 2. The second-order valence-electron chi connectivity index (χ2n) is 4.26. The van der Waals surface area contributed by atoms with E-state index in [0.29, 0.717) is 12.5 Å². The summed E-state index contributed by atoms with van der Waals surface area (Å²) in [5.41, 5.74) is 7.66. The predicted octanol–water partition coefficient (Wildman–Crippen LogP) is 3.31. The number of aliphatic imine (C=N–C) groups is 1. The fourth-order valence-electron chi connectivity index (χ4n) is 1.80. The number of thiazole rings is 1. The van der Waals surface area contributed by atoms with Crippen LogP contribution in [-0.4, -0.2) is 18.1 Å². The number of guanidine groups is 1. The molecule has 3 N–H and O–H groups in total. The third kappa shape index (κ3) is 4.85. The molecule has 114 valence electrons. The van der Waals surface area contributed by atoms with Gasteiger partial charge in [0.2, 0.25) is 0 Å². The molecule has 0 unspecified atom stereocenters. The number of ether oxygens (including phenoxy) is 1. The Hall–Kier alpha value is -1.35. The number of halogens is 1. The minimum absolute atomic E-state index is 0. The number of benzene rings is 1. The van der Waals surface area contributed by atoms with Crippen molar-refractivity contribution >= 4 is 47.0 Å². The van der Waals surface area contributed by atoms with E-state index in [9.17, 15) is 0 Å². The lowest BCUT2D eigenvalue weighted by molar-refractivity contribution is 0.417. The Morgan fingerprint density at radius 1 is 1.38 bits per heavy atom. The number of hydrogen-bond acceptors (Lipinski definition) is 4. The van der Waals surface area contributed by atoms with E-state index in [1.54, 1.807) is 18.4 Å². The number of hydrogen-bond donors (Lipinski definition) is 2. The maximum absolute atomic E-state index is 5.89. The molecule has 0 saturated carbocycles. The lowest BCUT2D eigenvalue weighted by Gasteiger charge is -2.09. The van der Waals surface area contributed by atoms with Crippen LogP contribution in [-0.2, 0) is 6.54 Å². The molecular formula is C14H19IN4OS. The Morgan fingerprint density at radius 2 is 2.10 bits per heavy atom. The standard InChI is InChI=1S/C14H18N4OS.HI/c1-9-12(17-10(2)20-9)8-16-14(15)18-11-6-4-5-7-13(11)19-3;/h4-7H,8H2,1-3H3,(H3,15,16,18);1H. The van der Waals surface area contributed by atoms with Crippen molar-refractivity contribution in [2.75, 3.05) is 12.4 Å². The Bertz CT molecular complexity index is 627. The highest BCUT2D eigenvalue weighted by molar-refractivity contribution is 14.0. The third-order valence-corrected chi connectivity index (χ3v) is 3.70. The van der Waals surface area contributed by atoms with Gasteiger partial charge in [-0.15, -0.1) is 35.3 Å². The van der Waals surface area contributed by atoms with Crippen LogP contribution < -0.4 is 15.8 Å². The van der Waals surface area contributed by atoms with Crippen LogP contribution in [0.15, 0.2) is 29.3 Å². The number of rotatable bonds is 4. The largest absolute Gasteiger partial charge is 0.495 e. The minimum Gasteiger partial charge on any atom is -0.495 e. The molecule has 0 fully saturated rings. The van der Waals surface area contributed by atoms with Crippen LogP contribution >= 0.6 is 35.3 Å². The monoisotopic (exact) mass is 418 g/mol. The Labute approximate surface area is 145 Å². The molecule has 21 heavy (non-hydrogen) atoms. The van der Waals surface area contributed by atoms with Gasteiger partial charge in [0.05, 0.1) is 30.0 Å². The molecule has 2 aromatic rings. The van der Waals surface area contributed by atoms with Crippen LogP contribution in [0, 0.1) is 13.8 Å². The summed E-state index contributed by atoms with van der Waals surface area (Å²) in [5, 5.41) is 4.08. The van der Waals surface area contributed by atoms with Crippen molar-refractivity contribution in [1.29, 1.82) is 0 Å². The molecule has 0 radical (unpaired) electrons. The van der Waals surface area contributed by atoms with Crippen molar-refractivity contribution in [3.63, 3.8) is 0 Å².